The zero-order chi connectivity index (χ0) is 17.9. The van der Waals surface area contributed by atoms with Crippen LogP contribution in [0, 0.1) is 30.3 Å². The summed E-state index contributed by atoms with van der Waals surface area (Å²) in [6.07, 6.45) is 2.81. The molecule has 2 aromatic rings. The van der Waals surface area contributed by atoms with Crippen molar-refractivity contribution >= 4 is 17.1 Å². The van der Waals surface area contributed by atoms with Crippen LogP contribution in [0.25, 0.3) is 0 Å². The van der Waals surface area contributed by atoms with Crippen LogP contribution in [0.15, 0.2) is 24.7 Å². The second-order valence-electron chi connectivity index (χ2n) is 4.43. The summed E-state index contributed by atoms with van der Waals surface area (Å²) in [5, 5.41) is 33.1. The molecule has 0 saturated heterocycles. The van der Waals surface area contributed by atoms with Crippen LogP contribution >= 0.6 is 0 Å². The van der Waals surface area contributed by atoms with Crippen LogP contribution in [-0.4, -0.2) is 31.0 Å². The number of hydrogen-bond acceptors (Lipinski definition) is 9. The third-order valence-electron chi connectivity index (χ3n) is 2.91. The van der Waals surface area contributed by atoms with Gasteiger partial charge in [-0.3, -0.25) is 30.3 Å². The van der Waals surface area contributed by atoms with Gasteiger partial charge in [-0.2, -0.15) is 4.73 Å². The molecule has 0 saturated carbocycles. The van der Waals surface area contributed by atoms with Crippen molar-refractivity contribution in [3.63, 3.8) is 0 Å². The molecule has 24 heavy (non-hydrogen) atoms. The van der Waals surface area contributed by atoms with Crippen LogP contribution in [0.2, 0.25) is 0 Å². The van der Waals surface area contributed by atoms with Gasteiger partial charge in [-0.15, -0.1) is 0 Å². The van der Waals surface area contributed by atoms with E-state index in [2.05, 4.69) is 4.98 Å². The van der Waals surface area contributed by atoms with E-state index >= 15 is 0 Å². The van der Waals surface area contributed by atoms with Crippen molar-refractivity contribution in [3.05, 3.63) is 60.7 Å². The quantitative estimate of drug-likeness (QED) is 0.567. The van der Waals surface area contributed by atoms with Gasteiger partial charge >= 0.3 is 17.1 Å². The second-order valence-corrected chi connectivity index (χ2v) is 4.43. The van der Waals surface area contributed by atoms with E-state index in [1.165, 1.54) is 6.20 Å². The number of rotatable bonds is 7. The molecule has 0 aliphatic heterocycles. The van der Waals surface area contributed by atoms with E-state index in [9.17, 15) is 30.3 Å². The average Bonchev–Trinajstić information content (AvgIpc) is 2.94. The van der Waals surface area contributed by atoms with E-state index < -0.39 is 37.6 Å². The Bertz CT molecular complexity index is 782. The minimum atomic E-state index is -1.01. The fourth-order valence-electron chi connectivity index (χ4n) is 1.87. The van der Waals surface area contributed by atoms with Crippen LogP contribution in [0.5, 0.6) is 5.75 Å². The van der Waals surface area contributed by atoms with Crippen molar-refractivity contribution in [2.75, 3.05) is 6.54 Å². The molecule has 0 atom stereocenters. The fourth-order valence-corrected chi connectivity index (χ4v) is 1.87. The maximum Gasteiger partial charge on any atom is 0.328 e. The molecule has 13 nitrogen and oxygen atoms in total. The van der Waals surface area contributed by atoms with Gasteiger partial charge in [-0.1, -0.05) is 0 Å². The SMILES string of the molecule is NCCc1cncn1Oc1c([N+](=O)[O-])cc([N+](=O)[O-])cc1[N+](=O)[O-]. The van der Waals surface area contributed by atoms with Crippen molar-refractivity contribution in [2.45, 2.75) is 6.42 Å². The first-order valence-electron chi connectivity index (χ1n) is 6.36. The molecule has 0 fully saturated rings. The average molecular weight is 338 g/mol. The van der Waals surface area contributed by atoms with Crippen LogP contribution < -0.4 is 10.6 Å². The normalized spacial score (nSPS) is 10.4. The first-order valence-corrected chi connectivity index (χ1v) is 6.36. The van der Waals surface area contributed by atoms with E-state index in [1.54, 1.807) is 0 Å². The number of aromatic nitrogens is 2. The zero-order valence-corrected chi connectivity index (χ0v) is 11.9. The molecule has 0 amide bonds. The van der Waals surface area contributed by atoms with Gasteiger partial charge in [0.1, 0.15) is 6.33 Å². The van der Waals surface area contributed by atoms with Gasteiger partial charge in [0, 0.05) is 6.42 Å². The van der Waals surface area contributed by atoms with Crippen LogP contribution in [0.4, 0.5) is 17.1 Å². The van der Waals surface area contributed by atoms with Crippen molar-refractivity contribution in [1.82, 2.24) is 9.71 Å². The second kappa shape index (κ2) is 6.66. The maximum absolute atomic E-state index is 11.1. The molecule has 0 aliphatic carbocycles. The minimum absolute atomic E-state index is 0.222. The molecule has 0 radical (unpaired) electrons. The van der Waals surface area contributed by atoms with Crippen molar-refractivity contribution in [2.24, 2.45) is 5.73 Å². The lowest BCUT2D eigenvalue weighted by Gasteiger charge is -2.09. The van der Waals surface area contributed by atoms with Crippen molar-refractivity contribution < 1.29 is 19.6 Å². The maximum atomic E-state index is 11.1. The largest absolute Gasteiger partial charge is 0.359 e. The van der Waals surface area contributed by atoms with Gasteiger partial charge in [0.05, 0.1) is 38.8 Å². The molecule has 126 valence electrons. The van der Waals surface area contributed by atoms with E-state index in [0.29, 0.717) is 24.2 Å². The Labute approximate surface area is 132 Å². The minimum Gasteiger partial charge on any atom is -0.359 e. The molecular formula is C11H10N6O7. The molecule has 2 N–H and O–H groups in total. The van der Waals surface area contributed by atoms with Gasteiger partial charge in [0.25, 0.3) is 5.69 Å². The Morgan fingerprint density at radius 2 is 1.67 bits per heavy atom. The summed E-state index contributed by atoms with van der Waals surface area (Å²) < 4.78 is 0.980. The number of nitrogens with zero attached hydrogens (tertiary/aromatic N) is 5. The molecule has 1 aromatic carbocycles. The molecule has 0 bridgehead atoms. The topological polar surface area (TPSA) is 182 Å². The standard InChI is InChI=1S/C11H10N6O7/c12-2-1-7-5-13-6-14(7)24-11-9(16(20)21)3-8(15(18)19)4-10(11)17(22)23/h3-6H,1-2,12H2. The van der Waals surface area contributed by atoms with Crippen molar-refractivity contribution in [1.29, 1.82) is 0 Å². The number of nitro benzene ring substituents is 3. The predicted octanol–water partition coefficient (Wildman–Crippen LogP) is 0.951. The fraction of sp³-hybridized carbons (Fsp3) is 0.182. The van der Waals surface area contributed by atoms with Gasteiger partial charge in [0.2, 0.25) is 0 Å². The molecule has 0 aliphatic rings. The highest BCUT2D eigenvalue weighted by Crippen LogP contribution is 2.40. The molecule has 1 heterocycles. The number of nitro groups is 3. The third-order valence-corrected chi connectivity index (χ3v) is 2.91. The molecule has 0 spiro atoms. The van der Waals surface area contributed by atoms with Crippen molar-refractivity contribution in [3.8, 4) is 5.75 Å². The van der Waals surface area contributed by atoms with E-state index in [4.69, 9.17) is 10.6 Å². The Kier molecular flexibility index (Phi) is 4.65. The van der Waals surface area contributed by atoms with E-state index in [-0.39, 0.29) is 6.54 Å². The number of imidazole rings is 1. The monoisotopic (exact) mass is 338 g/mol. The molecule has 0 unspecified atom stereocenters. The summed E-state index contributed by atoms with van der Waals surface area (Å²) in [6, 6.07) is 1.17. The highest BCUT2D eigenvalue weighted by molar-refractivity contribution is 5.65. The smallest absolute Gasteiger partial charge is 0.328 e. The lowest BCUT2D eigenvalue weighted by molar-refractivity contribution is -0.404. The van der Waals surface area contributed by atoms with Crippen LogP contribution in [0.1, 0.15) is 5.69 Å². The number of benzene rings is 1. The van der Waals surface area contributed by atoms with Crippen LogP contribution in [-0.2, 0) is 6.42 Å². The number of non-ortho nitro benzene ring substituents is 1. The summed E-state index contributed by atoms with van der Waals surface area (Å²) >= 11 is 0. The first kappa shape index (κ1) is 16.8. The Morgan fingerprint density at radius 3 is 2.12 bits per heavy atom. The zero-order valence-electron chi connectivity index (χ0n) is 11.9. The Morgan fingerprint density at radius 1 is 1.08 bits per heavy atom. The summed E-state index contributed by atoms with van der Waals surface area (Å²) in [5.41, 5.74) is 3.19. The third kappa shape index (κ3) is 3.25. The molecule has 1 aromatic heterocycles. The molecule has 2 rings (SSSR count). The summed E-state index contributed by atoms with van der Waals surface area (Å²) in [7, 11) is 0. The highest BCUT2D eigenvalue weighted by Gasteiger charge is 2.33. The van der Waals surface area contributed by atoms with Crippen LogP contribution in [0.3, 0.4) is 0 Å². The summed E-state index contributed by atoms with van der Waals surface area (Å²) in [6.45, 7) is 0.222. The van der Waals surface area contributed by atoms with Gasteiger partial charge in [-0.05, 0) is 6.54 Å². The van der Waals surface area contributed by atoms with Gasteiger partial charge in [0.15, 0.2) is 0 Å². The molecule has 13 heteroatoms. The Balaban J connectivity index is 2.62. The predicted molar refractivity (Wildman–Crippen MR) is 77.4 cm³/mol. The summed E-state index contributed by atoms with van der Waals surface area (Å²) in [5.74, 6) is -0.744. The van der Waals surface area contributed by atoms with Gasteiger partial charge < -0.3 is 10.6 Å². The first-order chi connectivity index (χ1) is 11.3. The summed E-state index contributed by atoms with van der Waals surface area (Å²) in [4.78, 5) is 39.1. The van der Waals surface area contributed by atoms with E-state index in [0.717, 1.165) is 11.1 Å². The lowest BCUT2D eigenvalue weighted by atomic mass is 10.2. The Hall–Kier alpha value is -3.61. The molecular weight excluding hydrogens is 328 g/mol. The number of nitrogens with two attached hydrogens (primary N) is 1. The lowest BCUT2D eigenvalue weighted by Crippen LogP contribution is -2.14. The van der Waals surface area contributed by atoms with E-state index in [1.807, 2.05) is 0 Å². The number of hydrogen-bond donors (Lipinski definition) is 1. The van der Waals surface area contributed by atoms with Gasteiger partial charge in [-0.25, -0.2) is 4.98 Å². The highest BCUT2D eigenvalue weighted by atomic mass is 16.7.